The van der Waals surface area contributed by atoms with E-state index in [1.165, 1.54) is 13.2 Å². The first-order chi connectivity index (χ1) is 9.86. The van der Waals surface area contributed by atoms with Crippen molar-refractivity contribution in [1.29, 1.82) is 0 Å². The number of methoxy groups -OCH3 is 1. The van der Waals surface area contributed by atoms with Crippen LogP contribution in [0.5, 0.6) is 5.75 Å². The van der Waals surface area contributed by atoms with Crippen LogP contribution in [0.3, 0.4) is 0 Å². The minimum absolute atomic E-state index is 0.136. The van der Waals surface area contributed by atoms with Crippen molar-refractivity contribution in [3.8, 4) is 5.75 Å². The van der Waals surface area contributed by atoms with Gasteiger partial charge in [0, 0.05) is 19.2 Å². The van der Waals surface area contributed by atoms with Gasteiger partial charge in [-0.1, -0.05) is 0 Å². The second kappa shape index (κ2) is 5.98. The molecule has 116 valence electrons. The number of aliphatic carboxylic acids is 1. The number of hydrogen-bond acceptors (Lipinski definition) is 4. The minimum Gasteiger partial charge on any atom is -0.497 e. The highest BCUT2D eigenvalue weighted by Crippen LogP contribution is 2.27. The Balaban J connectivity index is 2.31. The zero-order chi connectivity index (χ0) is 15.6. The summed E-state index contributed by atoms with van der Waals surface area (Å²) in [4.78, 5) is 10.5. The molecule has 0 radical (unpaired) electrons. The Hall–Kier alpha value is -1.67. The summed E-state index contributed by atoms with van der Waals surface area (Å²) in [7, 11) is -2.69. The largest absolute Gasteiger partial charge is 0.497 e. The summed E-state index contributed by atoms with van der Waals surface area (Å²) in [6.45, 7) is 0.0563. The molecule has 1 aliphatic rings. The number of rotatable bonds is 4. The Bertz CT molecular complexity index is 646. The lowest BCUT2D eigenvalue weighted by Gasteiger charge is -2.29. The standard InChI is InChI=1S/C13H16FNO5S/c1-20-10-4-5-12(11(14)7-10)21(18,19)15-6-2-3-9(8-15)13(16)17/h4-5,7,9H,2-3,6,8H2,1H3,(H,16,17). The summed E-state index contributed by atoms with van der Waals surface area (Å²) in [5, 5.41) is 9.00. The van der Waals surface area contributed by atoms with Crippen molar-refractivity contribution in [1.82, 2.24) is 4.31 Å². The first kappa shape index (κ1) is 15.7. The van der Waals surface area contributed by atoms with Gasteiger partial charge in [-0.15, -0.1) is 0 Å². The van der Waals surface area contributed by atoms with Crippen LogP contribution in [0.1, 0.15) is 12.8 Å². The van der Waals surface area contributed by atoms with E-state index in [2.05, 4.69) is 0 Å². The molecule has 8 heteroatoms. The fourth-order valence-corrected chi connectivity index (χ4v) is 3.89. The van der Waals surface area contributed by atoms with Gasteiger partial charge < -0.3 is 9.84 Å². The number of hydrogen-bond donors (Lipinski definition) is 1. The molecule has 1 heterocycles. The van der Waals surface area contributed by atoms with Crippen LogP contribution in [-0.4, -0.2) is 44.0 Å². The lowest BCUT2D eigenvalue weighted by molar-refractivity contribution is -0.142. The molecule has 0 bridgehead atoms. The third-order valence-electron chi connectivity index (χ3n) is 3.49. The van der Waals surface area contributed by atoms with Crippen LogP contribution in [0, 0.1) is 11.7 Å². The number of carboxylic acid groups (broad SMARTS) is 1. The SMILES string of the molecule is COc1ccc(S(=O)(=O)N2CCCC(C(=O)O)C2)c(F)c1. The van der Waals surface area contributed by atoms with Gasteiger partial charge in [-0.25, -0.2) is 12.8 Å². The normalized spacial score (nSPS) is 20.2. The molecule has 1 saturated heterocycles. The highest BCUT2D eigenvalue weighted by Gasteiger charge is 2.34. The van der Waals surface area contributed by atoms with Crippen molar-refractivity contribution < 1.29 is 27.4 Å². The van der Waals surface area contributed by atoms with E-state index < -0.39 is 32.6 Å². The second-order valence-corrected chi connectivity index (χ2v) is 6.74. The number of carbonyl (C=O) groups is 1. The van der Waals surface area contributed by atoms with Crippen molar-refractivity contribution in [2.45, 2.75) is 17.7 Å². The van der Waals surface area contributed by atoms with Gasteiger partial charge in [0.25, 0.3) is 0 Å². The van der Waals surface area contributed by atoms with E-state index in [1.54, 1.807) is 0 Å². The highest BCUT2D eigenvalue weighted by atomic mass is 32.2. The molecule has 0 aliphatic carbocycles. The maximum Gasteiger partial charge on any atom is 0.307 e. The fraction of sp³-hybridized carbons (Fsp3) is 0.462. The first-order valence-corrected chi connectivity index (χ1v) is 7.86. The van der Waals surface area contributed by atoms with Gasteiger partial charge in [0.2, 0.25) is 10.0 Å². The van der Waals surface area contributed by atoms with Crippen LogP contribution in [0.4, 0.5) is 4.39 Å². The van der Waals surface area contributed by atoms with E-state index in [9.17, 15) is 17.6 Å². The van der Waals surface area contributed by atoms with Gasteiger partial charge in [-0.3, -0.25) is 4.79 Å². The molecular weight excluding hydrogens is 301 g/mol. The van der Waals surface area contributed by atoms with Gasteiger partial charge in [0.05, 0.1) is 13.0 Å². The summed E-state index contributed by atoms with van der Waals surface area (Å²) >= 11 is 0. The minimum atomic E-state index is -4.04. The summed E-state index contributed by atoms with van der Waals surface area (Å²) in [5.41, 5.74) is 0. The van der Waals surface area contributed by atoms with Gasteiger partial charge in [0.1, 0.15) is 16.5 Å². The van der Waals surface area contributed by atoms with Crippen molar-refractivity contribution in [2.24, 2.45) is 5.92 Å². The number of halogens is 1. The molecule has 0 aromatic heterocycles. The van der Waals surface area contributed by atoms with Crippen LogP contribution >= 0.6 is 0 Å². The van der Waals surface area contributed by atoms with E-state index in [0.717, 1.165) is 16.4 Å². The van der Waals surface area contributed by atoms with E-state index >= 15 is 0 Å². The molecule has 1 atom stereocenters. The summed E-state index contributed by atoms with van der Waals surface area (Å²) in [5.74, 6) is -2.49. The van der Waals surface area contributed by atoms with Crippen molar-refractivity contribution >= 4 is 16.0 Å². The smallest absolute Gasteiger partial charge is 0.307 e. The van der Waals surface area contributed by atoms with Crippen LogP contribution in [0.15, 0.2) is 23.1 Å². The molecule has 0 amide bonds. The Kier molecular flexibility index (Phi) is 4.48. The molecule has 0 saturated carbocycles. The average Bonchev–Trinajstić information content (AvgIpc) is 2.46. The molecule has 1 aromatic rings. The summed E-state index contributed by atoms with van der Waals surface area (Å²) in [6, 6.07) is 3.48. The van der Waals surface area contributed by atoms with Crippen molar-refractivity contribution in [3.63, 3.8) is 0 Å². The predicted octanol–water partition coefficient (Wildman–Crippen LogP) is 1.32. The van der Waals surface area contributed by atoms with Gasteiger partial charge in [0.15, 0.2) is 0 Å². The van der Waals surface area contributed by atoms with Crippen LogP contribution < -0.4 is 4.74 Å². The molecule has 0 spiro atoms. The van der Waals surface area contributed by atoms with Gasteiger partial charge >= 0.3 is 5.97 Å². The molecular formula is C13H16FNO5S. The lowest BCUT2D eigenvalue weighted by Crippen LogP contribution is -2.42. The van der Waals surface area contributed by atoms with Crippen molar-refractivity contribution in [3.05, 3.63) is 24.0 Å². The Morgan fingerprint density at radius 1 is 1.48 bits per heavy atom. The van der Waals surface area contributed by atoms with Crippen LogP contribution in [0.25, 0.3) is 0 Å². The molecule has 1 fully saturated rings. The number of piperidine rings is 1. The maximum absolute atomic E-state index is 13.9. The number of benzene rings is 1. The van der Waals surface area contributed by atoms with E-state index in [1.807, 2.05) is 0 Å². The molecule has 1 unspecified atom stereocenters. The number of ether oxygens (including phenoxy) is 1. The molecule has 6 nitrogen and oxygen atoms in total. The topological polar surface area (TPSA) is 83.9 Å². The Morgan fingerprint density at radius 3 is 2.76 bits per heavy atom. The molecule has 1 N–H and O–H groups in total. The predicted molar refractivity (Wildman–Crippen MR) is 72.1 cm³/mol. The molecule has 1 aliphatic heterocycles. The lowest BCUT2D eigenvalue weighted by atomic mass is 10.0. The van der Waals surface area contributed by atoms with E-state index in [0.29, 0.717) is 12.8 Å². The molecule has 1 aromatic carbocycles. The van der Waals surface area contributed by atoms with Gasteiger partial charge in [-0.05, 0) is 25.0 Å². The van der Waals surface area contributed by atoms with Gasteiger partial charge in [-0.2, -0.15) is 4.31 Å². The third-order valence-corrected chi connectivity index (χ3v) is 5.39. The molecule has 2 rings (SSSR count). The molecule has 21 heavy (non-hydrogen) atoms. The zero-order valence-corrected chi connectivity index (χ0v) is 12.3. The summed E-state index contributed by atoms with van der Waals surface area (Å²) in [6.07, 6.45) is 0.862. The fourth-order valence-electron chi connectivity index (χ4n) is 2.32. The van der Waals surface area contributed by atoms with E-state index in [-0.39, 0.29) is 18.8 Å². The van der Waals surface area contributed by atoms with Crippen LogP contribution in [0.2, 0.25) is 0 Å². The average molecular weight is 317 g/mol. The quantitative estimate of drug-likeness (QED) is 0.905. The second-order valence-electron chi connectivity index (χ2n) is 4.84. The van der Waals surface area contributed by atoms with E-state index in [4.69, 9.17) is 9.84 Å². The monoisotopic (exact) mass is 317 g/mol. The maximum atomic E-state index is 13.9. The first-order valence-electron chi connectivity index (χ1n) is 6.42. The third kappa shape index (κ3) is 3.16. The number of sulfonamides is 1. The number of carboxylic acids is 1. The number of nitrogens with zero attached hydrogens (tertiary/aromatic N) is 1. The van der Waals surface area contributed by atoms with Crippen molar-refractivity contribution in [2.75, 3.05) is 20.2 Å². The Labute approximate surface area is 122 Å². The Morgan fingerprint density at radius 2 is 2.19 bits per heavy atom. The summed E-state index contributed by atoms with van der Waals surface area (Å²) < 4.78 is 44.7. The van der Waals surface area contributed by atoms with Crippen LogP contribution in [-0.2, 0) is 14.8 Å². The highest BCUT2D eigenvalue weighted by molar-refractivity contribution is 7.89. The zero-order valence-electron chi connectivity index (χ0n) is 11.5.